The van der Waals surface area contributed by atoms with Crippen LogP contribution in [0.25, 0.3) is 0 Å². The number of halogens is 1. The number of hydrogen-bond acceptors (Lipinski definition) is 4. The topological polar surface area (TPSA) is 42.2 Å². The van der Waals surface area contributed by atoms with Gasteiger partial charge in [-0.1, -0.05) is 18.0 Å². The van der Waals surface area contributed by atoms with Crippen LogP contribution in [0.15, 0.2) is 5.38 Å². The third-order valence-electron chi connectivity index (χ3n) is 3.18. The summed E-state index contributed by atoms with van der Waals surface area (Å²) in [6, 6.07) is 0.539. The molecular formula is C10H16ClN3S. The van der Waals surface area contributed by atoms with Gasteiger partial charge < -0.3 is 10.6 Å². The molecule has 0 aromatic carbocycles. The Hall–Kier alpha value is -0.320. The Bertz CT molecular complexity index is 328. The van der Waals surface area contributed by atoms with E-state index in [1.807, 2.05) is 5.38 Å². The maximum Gasteiger partial charge on any atom is 0.186 e. The minimum Gasteiger partial charge on any atom is -0.348 e. The molecule has 0 saturated heterocycles. The molecule has 3 nitrogen and oxygen atoms in total. The zero-order valence-electron chi connectivity index (χ0n) is 8.82. The summed E-state index contributed by atoms with van der Waals surface area (Å²) in [5.74, 6) is 0.609. The Morgan fingerprint density at radius 1 is 1.67 bits per heavy atom. The lowest BCUT2D eigenvalue weighted by molar-refractivity contribution is 0.474. The number of nitrogens with zero attached hydrogens (tertiary/aromatic N) is 2. The molecule has 1 heterocycles. The fraction of sp³-hybridized carbons (Fsp3) is 0.700. The second-order valence-electron chi connectivity index (χ2n) is 4.06. The van der Waals surface area contributed by atoms with Crippen LogP contribution < -0.4 is 10.6 Å². The lowest BCUT2D eigenvalue weighted by Crippen LogP contribution is -2.37. The lowest BCUT2D eigenvalue weighted by Gasteiger charge is -2.28. The first-order valence-electron chi connectivity index (χ1n) is 5.26. The van der Waals surface area contributed by atoms with E-state index in [9.17, 15) is 0 Å². The summed E-state index contributed by atoms with van der Waals surface area (Å²) in [4.78, 5) is 6.53. The van der Waals surface area contributed by atoms with Crippen molar-refractivity contribution >= 4 is 28.1 Å². The summed E-state index contributed by atoms with van der Waals surface area (Å²) in [7, 11) is 2.09. The molecule has 1 aliphatic rings. The molecule has 2 rings (SSSR count). The number of aromatic nitrogens is 1. The first-order valence-corrected chi connectivity index (χ1v) is 6.52. The Morgan fingerprint density at radius 2 is 2.47 bits per heavy atom. The average molecular weight is 246 g/mol. The fourth-order valence-corrected chi connectivity index (χ4v) is 3.32. The van der Waals surface area contributed by atoms with Gasteiger partial charge >= 0.3 is 0 Å². The van der Waals surface area contributed by atoms with Gasteiger partial charge in [0.15, 0.2) is 5.13 Å². The van der Waals surface area contributed by atoms with Crippen molar-refractivity contribution in [3.05, 3.63) is 10.5 Å². The number of thiazole rings is 1. The van der Waals surface area contributed by atoms with Crippen LogP contribution in [0.2, 0.25) is 5.15 Å². The van der Waals surface area contributed by atoms with E-state index in [1.54, 1.807) is 11.3 Å². The van der Waals surface area contributed by atoms with E-state index in [1.165, 1.54) is 19.3 Å². The summed E-state index contributed by atoms with van der Waals surface area (Å²) >= 11 is 7.43. The monoisotopic (exact) mass is 245 g/mol. The zero-order valence-corrected chi connectivity index (χ0v) is 10.4. The third-order valence-corrected chi connectivity index (χ3v) is 4.44. The van der Waals surface area contributed by atoms with Crippen LogP contribution >= 0.6 is 22.9 Å². The average Bonchev–Trinajstić information content (AvgIpc) is 2.84. The van der Waals surface area contributed by atoms with Crippen LogP contribution in [0.1, 0.15) is 19.3 Å². The van der Waals surface area contributed by atoms with E-state index in [4.69, 9.17) is 17.3 Å². The van der Waals surface area contributed by atoms with E-state index < -0.39 is 0 Å². The summed E-state index contributed by atoms with van der Waals surface area (Å²) in [6.07, 6.45) is 3.73. The second kappa shape index (κ2) is 4.68. The minimum atomic E-state index is 0.539. The number of rotatable bonds is 3. The molecule has 0 amide bonds. The molecule has 1 aliphatic carbocycles. The standard InChI is InChI=1S/C10H16ClN3S/c1-14(10-13-9(11)6-15-10)8-4-2-3-7(8)5-12/h6-8H,2-5,12H2,1H3. The molecule has 1 fully saturated rings. The van der Waals surface area contributed by atoms with Crippen molar-refractivity contribution in [1.82, 2.24) is 4.98 Å². The summed E-state index contributed by atoms with van der Waals surface area (Å²) in [5.41, 5.74) is 5.78. The predicted molar refractivity (Wildman–Crippen MR) is 65.7 cm³/mol. The van der Waals surface area contributed by atoms with E-state index in [2.05, 4.69) is 16.9 Å². The van der Waals surface area contributed by atoms with Gasteiger partial charge in [-0.3, -0.25) is 0 Å². The van der Waals surface area contributed by atoms with Gasteiger partial charge in [0, 0.05) is 18.5 Å². The molecule has 2 atom stereocenters. The van der Waals surface area contributed by atoms with Crippen LogP contribution in [-0.4, -0.2) is 24.6 Å². The summed E-state index contributed by atoms with van der Waals surface area (Å²) in [5, 5.41) is 3.47. The van der Waals surface area contributed by atoms with Crippen LogP contribution in [0, 0.1) is 5.92 Å². The van der Waals surface area contributed by atoms with Gasteiger partial charge in [-0.2, -0.15) is 0 Å². The molecule has 2 unspecified atom stereocenters. The molecule has 1 aromatic heterocycles. The number of anilines is 1. The highest BCUT2D eigenvalue weighted by molar-refractivity contribution is 7.14. The molecule has 0 aliphatic heterocycles. The summed E-state index contributed by atoms with van der Waals surface area (Å²) < 4.78 is 0. The van der Waals surface area contributed by atoms with Gasteiger partial charge in [0.2, 0.25) is 0 Å². The maximum absolute atomic E-state index is 5.83. The second-order valence-corrected chi connectivity index (χ2v) is 5.28. The SMILES string of the molecule is CN(c1nc(Cl)cs1)C1CCCC1CN. The molecular weight excluding hydrogens is 230 g/mol. The van der Waals surface area contributed by atoms with Crippen molar-refractivity contribution in [1.29, 1.82) is 0 Å². The Morgan fingerprint density at radius 3 is 3.07 bits per heavy atom. The van der Waals surface area contributed by atoms with Crippen LogP contribution in [0.4, 0.5) is 5.13 Å². The van der Waals surface area contributed by atoms with E-state index in [0.29, 0.717) is 17.1 Å². The van der Waals surface area contributed by atoms with Gasteiger partial charge in [0.05, 0.1) is 0 Å². The molecule has 0 spiro atoms. The van der Waals surface area contributed by atoms with Crippen LogP contribution in [0.5, 0.6) is 0 Å². The quantitative estimate of drug-likeness (QED) is 0.889. The third kappa shape index (κ3) is 2.27. The van der Waals surface area contributed by atoms with Crippen LogP contribution in [0.3, 0.4) is 0 Å². The van der Waals surface area contributed by atoms with Gasteiger partial charge in [-0.15, -0.1) is 11.3 Å². The highest BCUT2D eigenvalue weighted by Crippen LogP contribution is 2.33. The maximum atomic E-state index is 5.83. The largest absolute Gasteiger partial charge is 0.348 e. The molecule has 0 radical (unpaired) electrons. The molecule has 1 aromatic rings. The van der Waals surface area contributed by atoms with Crippen LogP contribution in [-0.2, 0) is 0 Å². The van der Waals surface area contributed by atoms with E-state index in [0.717, 1.165) is 11.7 Å². The van der Waals surface area contributed by atoms with Crippen molar-refractivity contribution in [3.8, 4) is 0 Å². The van der Waals surface area contributed by atoms with Gasteiger partial charge in [0.1, 0.15) is 5.15 Å². The van der Waals surface area contributed by atoms with Crippen molar-refractivity contribution < 1.29 is 0 Å². The predicted octanol–water partition coefficient (Wildman–Crippen LogP) is 2.36. The highest BCUT2D eigenvalue weighted by atomic mass is 35.5. The normalized spacial score (nSPS) is 25.8. The Kier molecular flexibility index (Phi) is 3.49. The first kappa shape index (κ1) is 11.2. The van der Waals surface area contributed by atoms with Crippen molar-refractivity contribution in [2.75, 3.05) is 18.5 Å². The number of nitrogens with two attached hydrogens (primary N) is 1. The molecule has 5 heteroatoms. The smallest absolute Gasteiger partial charge is 0.186 e. The zero-order chi connectivity index (χ0) is 10.8. The molecule has 0 bridgehead atoms. The van der Waals surface area contributed by atoms with E-state index >= 15 is 0 Å². The molecule has 2 N–H and O–H groups in total. The number of hydrogen-bond donors (Lipinski definition) is 1. The van der Waals surface area contributed by atoms with E-state index in [-0.39, 0.29) is 0 Å². The van der Waals surface area contributed by atoms with Gasteiger partial charge in [-0.25, -0.2) is 4.98 Å². The molecule has 84 valence electrons. The van der Waals surface area contributed by atoms with Gasteiger partial charge in [-0.05, 0) is 25.3 Å². The Labute approximate surface area is 99.2 Å². The summed E-state index contributed by atoms with van der Waals surface area (Å²) in [6.45, 7) is 0.772. The molecule has 15 heavy (non-hydrogen) atoms. The van der Waals surface area contributed by atoms with Crippen molar-refractivity contribution in [3.63, 3.8) is 0 Å². The first-order chi connectivity index (χ1) is 7.22. The fourth-order valence-electron chi connectivity index (χ4n) is 2.35. The Balaban J connectivity index is 2.10. The van der Waals surface area contributed by atoms with Gasteiger partial charge in [0.25, 0.3) is 0 Å². The van der Waals surface area contributed by atoms with Crippen molar-refractivity contribution in [2.45, 2.75) is 25.3 Å². The highest BCUT2D eigenvalue weighted by Gasteiger charge is 2.30. The molecule has 1 saturated carbocycles. The minimum absolute atomic E-state index is 0.539. The lowest BCUT2D eigenvalue weighted by atomic mass is 10.0. The van der Waals surface area contributed by atoms with Crippen molar-refractivity contribution in [2.24, 2.45) is 11.7 Å².